The highest BCUT2D eigenvalue weighted by Gasteiger charge is 2.39. The second kappa shape index (κ2) is 15.8. The number of carbonyl (C=O) groups excluding carboxylic acids is 3. The van der Waals surface area contributed by atoms with Crippen molar-refractivity contribution in [2.75, 3.05) is 4.90 Å². The number of nitrogens with two attached hydrogens (primary N) is 1. The summed E-state index contributed by atoms with van der Waals surface area (Å²) in [7, 11) is 0. The van der Waals surface area contributed by atoms with Crippen molar-refractivity contribution < 1.29 is 18.8 Å². The van der Waals surface area contributed by atoms with Crippen molar-refractivity contribution in [3.8, 4) is 11.1 Å². The van der Waals surface area contributed by atoms with Crippen LogP contribution in [0.25, 0.3) is 11.1 Å². The largest absolute Gasteiger partial charge is 0.369 e. The quantitative estimate of drug-likeness (QED) is 0.157. The van der Waals surface area contributed by atoms with Gasteiger partial charge in [-0.15, -0.1) is 0 Å². The first-order chi connectivity index (χ1) is 24.2. The number of nitrogens with one attached hydrogen (secondary N) is 1. The molecule has 1 saturated carbocycles. The second-order valence-electron chi connectivity index (χ2n) is 13.3. The lowest BCUT2D eigenvalue weighted by Crippen LogP contribution is -2.50. The number of benzodiazepines with no additional fused rings is 1. The van der Waals surface area contributed by atoms with Gasteiger partial charge >= 0.3 is 0 Å². The maximum absolute atomic E-state index is 14.7. The van der Waals surface area contributed by atoms with Crippen molar-refractivity contribution in [2.45, 2.75) is 64.6 Å². The molecule has 0 saturated heterocycles. The average Bonchev–Trinajstić information content (AvgIpc) is 3.62. The number of fused-ring (bicyclic) bond motifs is 1. The smallest absolute Gasteiger partial charge is 0.272 e. The molecule has 0 radical (unpaired) electrons. The first-order valence-corrected chi connectivity index (χ1v) is 17.8. The van der Waals surface area contributed by atoms with Crippen LogP contribution >= 0.6 is 11.6 Å². The topological polar surface area (TPSA) is 105 Å². The normalized spacial score (nSPS) is 17.4. The van der Waals surface area contributed by atoms with Crippen molar-refractivity contribution >= 4 is 40.7 Å². The summed E-state index contributed by atoms with van der Waals surface area (Å²) in [6.45, 7) is 2.15. The first-order valence-electron chi connectivity index (χ1n) is 17.4. The second-order valence-corrected chi connectivity index (χ2v) is 13.7. The van der Waals surface area contributed by atoms with Gasteiger partial charge in [-0.2, -0.15) is 0 Å². The Kier molecular flexibility index (Phi) is 11.1. The van der Waals surface area contributed by atoms with Crippen LogP contribution in [-0.4, -0.2) is 29.6 Å². The Labute approximate surface area is 297 Å². The number of rotatable bonds is 12. The number of anilines is 1. The maximum Gasteiger partial charge on any atom is 0.272 e. The SMILES string of the molecule is CCCC(C(N)=O)C(CC1CCCC1)C(=O)NC1N=C(c2ccccc2)c2ccccc2N(Cc2cccc(-c3ccc(F)c(Cl)c3)c2)C1=O. The predicted molar refractivity (Wildman–Crippen MR) is 196 cm³/mol. The van der Waals surface area contributed by atoms with Crippen LogP contribution in [0, 0.1) is 23.6 Å². The molecule has 258 valence electrons. The molecule has 1 aliphatic heterocycles. The monoisotopic (exact) mass is 692 g/mol. The third kappa shape index (κ3) is 7.81. The highest BCUT2D eigenvalue weighted by molar-refractivity contribution is 6.31. The molecule has 0 spiro atoms. The van der Waals surface area contributed by atoms with Gasteiger partial charge < -0.3 is 16.0 Å². The predicted octanol–water partition coefficient (Wildman–Crippen LogP) is 8.07. The van der Waals surface area contributed by atoms with E-state index in [0.29, 0.717) is 36.6 Å². The van der Waals surface area contributed by atoms with Gasteiger partial charge in [0, 0.05) is 23.0 Å². The minimum Gasteiger partial charge on any atom is -0.369 e. The van der Waals surface area contributed by atoms with Crippen LogP contribution in [-0.2, 0) is 20.9 Å². The van der Waals surface area contributed by atoms with E-state index in [1.165, 1.54) is 6.07 Å². The van der Waals surface area contributed by atoms with Gasteiger partial charge in [0.2, 0.25) is 18.0 Å². The lowest BCUT2D eigenvalue weighted by Gasteiger charge is -2.29. The third-order valence-corrected chi connectivity index (χ3v) is 10.2. The van der Waals surface area contributed by atoms with Gasteiger partial charge in [0.05, 0.1) is 23.0 Å². The minimum atomic E-state index is -1.26. The van der Waals surface area contributed by atoms with Crippen LogP contribution < -0.4 is 16.0 Å². The molecule has 4 aromatic rings. The fourth-order valence-electron chi connectivity index (χ4n) is 7.37. The molecule has 3 atom stereocenters. The van der Waals surface area contributed by atoms with Crippen LogP contribution in [0.3, 0.4) is 0 Å². The number of aliphatic imine (C=N–C) groups is 1. The molecule has 3 unspecified atom stereocenters. The van der Waals surface area contributed by atoms with Gasteiger partial charge in [0.25, 0.3) is 5.91 Å². The number of hydrogen-bond acceptors (Lipinski definition) is 4. The van der Waals surface area contributed by atoms with E-state index in [0.717, 1.165) is 53.5 Å². The fourth-order valence-corrected chi connectivity index (χ4v) is 7.55. The Morgan fingerprint density at radius 3 is 2.34 bits per heavy atom. The van der Waals surface area contributed by atoms with Crippen LogP contribution in [0.2, 0.25) is 5.02 Å². The highest BCUT2D eigenvalue weighted by atomic mass is 35.5. The molecule has 1 aliphatic carbocycles. The molecule has 9 heteroatoms. The summed E-state index contributed by atoms with van der Waals surface area (Å²) in [5.41, 5.74) is 11.0. The fraction of sp³-hybridized carbons (Fsp3) is 0.317. The highest BCUT2D eigenvalue weighted by Crippen LogP contribution is 2.35. The molecular formula is C41H42ClFN4O3. The van der Waals surface area contributed by atoms with Gasteiger partial charge in [-0.05, 0) is 59.7 Å². The van der Waals surface area contributed by atoms with E-state index in [9.17, 15) is 18.8 Å². The van der Waals surface area contributed by atoms with Gasteiger partial charge in [-0.25, -0.2) is 9.38 Å². The zero-order valence-electron chi connectivity index (χ0n) is 28.2. The summed E-state index contributed by atoms with van der Waals surface area (Å²) in [6.07, 6.45) is 4.69. The summed E-state index contributed by atoms with van der Waals surface area (Å²) >= 11 is 6.10. The van der Waals surface area contributed by atoms with Crippen LogP contribution in [0.1, 0.15) is 68.6 Å². The molecule has 7 nitrogen and oxygen atoms in total. The molecule has 3 N–H and O–H groups in total. The maximum atomic E-state index is 14.7. The van der Waals surface area contributed by atoms with Crippen molar-refractivity contribution in [3.63, 3.8) is 0 Å². The number of primary amides is 1. The summed E-state index contributed by atoms with van der Waals surface area (Å²) in [6, 6.07) is 29.4. The van der Waals surface area contributed by atoms with Gasteiger partial charge in [-0.1, -0.05) is 123 Å². The molecule has 50 heavy (non-hydrogen) atoms. The van der Waals surface area contributed by atoms with Crippen molar-refractivity contribution in [2.24, 2.45) is 28.5 Å². The summed E-state index contributed by atoms with van der Waals surface area (Å²) < 4.78 is 13.9. The van der Waals surface area contributed by atoms with Crippen LogP contribution in [0.15, 0.2) is 102 Å². The van der Waals surface area contributed by atoms with Gasteiger partial charge in [-0.3, -0.25) is 14.4 Å². The molecule has 4 aromatic carbocycles. The van der Waals surface area contributed by atoms with Gasteiger partial charge in [0.15, 0.2) is 0 Å². The molecule has 1 fully saturated rings. The van der Waals surface area contributed by atoms with E-state index in [4.69, 9.17) is 22.3 Å². The zero-order chi connectivity index (χ0) is 35.2. The lowest BCUT2D eigenvalue weighted by molar-refractivity contribution is -0.136. The molecule has 6 rings (SSSR count). The van der Waals surface area contributed by atoms with E-state index in [2.05, 4.69) is 5.32 Å². The number of para-hydroxylation sites is 1. The van der Waals surface area contributed by atoms with Crippen LogP contribution in [0.4, 0.5) is 10.1 Å². The standard InChI is InChI=1S/C41H42ClFN4O3/c1-2-11-31(38(44)48)33(23-26-12-6-7-13-26)40(49)46-39-41(50)47(25-27-14-10-17-29(22-27)30-20-21-35(43)34(42)24-30)36-19-9-8-18-32(36)37(45-39)28-15-4-3-5-16-28/h3-5,8-10,14-22,24,26,31,33,39H,2,6-7,11-13,23,25H2,1H3,(H2,44,48)(H,46,49). The lowest BCUT2D eigenvalue weighted by atomic mass is 9.80. The number of nitrogens with zero attached hydrogens (tertiary/aromatic N) is 2. The van der Waals surface area contributed by atoms with E-state index in [1.807, 2.05) is 85.8 Å². The molecular weight excluding hydrogens is 651 g/mol. The molecule has 2 aliphatic rings. The number of amides is 3. The number of benzene rings is 4. The average molecular weight is 693 g/mol. The molecule has 3 amide bonds. The molecule has 0 aromatic heterocycles. The van der Waals surface area contributed by atoms with Gasteiger partial charge in [0.1, 0.15) is 5.82 Å². The van der Waals surface area contributed by atoms with E-state index in [-0.39, 0.29) is 17.5 Å². The van der Waals surface area contributed by atoms with Crippen molar-refractivity contribution in [3.05, 3.63) is 125 Å². The molecule has 1 heterocycles. The van der Waals surface area contributed by atoms with E-state index < -0.39 is 35.6 Å². The Hall–Kier alpha value is -4.82. The summed E-state index contributed by atoms with van der Waals surface area (Å²) in [5, 5.41) is 3.03. The first kappa shape index (κ1) is 35.0. The summed E-state index contributed by atoms with van der Waals surface area (Å²) in [4.78, 5) is 48.4. The number of hydrogen-bond donors (Lipinski definition) is 2. The zero-order valence-corrected chi connectivity index (χ0v) is 28.9. The van der Waals surface area contributed by atoms with Crippen LogP contribution in [0.5, 0.6) is 0 Å². The Morgan fingerprint density at radius 2 is 1.62 bits per heavy atom. The van der Waals surface area contributed by atoms with E-state index in [1.54, 1.807) is 17.0 Å². The summed E-state index contributed by atoms with van der Waals surface area (Å²) in [5.74, 6) is -2.78. The Bertz CT molecular complexity index is 1890. The number of halogens is 2. The minimum absolute atomic E-state index is 0.0254. The Morgan fingerprint density at radius 1 is 0.920 bits per heavy atom. The van der Waals surface area contributed by atoms with Crippen molar-refractivity contribution in [1.82, 2.24) is 5.32 Å². The van der Waals surface area contributed by atoms with E-state index >= 15 is 0 Å². The van der Waals surface area contributed by atoms with Crippen molar-refractivity contribution in [1.29, 1.82) is 0 Å². The Balaban J connectivity index is 1.39. The third-order valence-electron chi connectivity index (χ3n) is 9.90. The number of carbonyl (C=O) groups is 3. The molecule has 0 bridgehead atoms.